The molecule has 0 saturated heterocycles. The van der Waals surface area contributed by atoms with E-state index in [-0.39, 0.29) is 18.6 Å². The molecule has 0 radical (unpaired) electrons. The predicted octanol–water partition coefficient (Wildman–Crippen LogP) is 2.40. The van der Waals surface area contributed by atoms with Crippen molar-refractivity contribution in [3.8, 4) is 12.3 Å². The highest BCUT2D eigenvalue weighted by molar-refractivity contribution is 5.84. The first-order chi connectivity index (χ1) is 9.56. The average molecular weight is 295 g/mol. The molecule has 0 aliphatic rings. The Balaban J connectivity index is 4.47. The highest BCUT2D eigenvalue weighted by Gasteiger charge is 2.37. The Hall–Kier alpha value is -1.83. The SMILES string of the molecule is C#CC(C)(CC)CC(C)(C)C(=O)ONC(=O)CCC(C)=O. The quantitative estimate of drug-likeness (QED) is 0.578. The molecule has 0 aliphatic heterocycles. The van der Waals surface area contributed by atoms with E-state index in [0.29, 0.717) is 6.42 Å². The largest absolute Gasteiger partial charge is 0.340 e. The van der Waals surface area contributed by atoms with Gasteiger partial charge in [-0.25, -0.2) is 4.79 Å². The number of amides is 1. The second-order valence-corrected chi connectivity index (χ2v) is 6.24. The number of carbonyl (C=O) groups excluding carboxylic acids is 3. The van der Waals surface area contributed by atoms with E-state index < -0.39 is 22.7 Å². The van der Waals surface area contributed by atoms with Gasteiger partial charge in [0.05, 0.1) is 5.41 Å². The normalized spacial score (nSPS) is 13.7. The summed E-state index contributed by atoms with van der Waals surface area (Å²) in [6.45, 7) is 8.72. The summed E-state index contributed by atoms with van der Waals surface area (Å²) in [5.41, 5.74) is 0.857. The molecule has 0 aromatic rings. The number of rotatable bonds is 7. The Morgan fingerprint density at radius 3 is 2.19 bits per heavy atom. The van der Waals surface area contributed by atoms with Crippen LogP contribution in [0.5, 0.6) is 0 Å². The van der Waals surface area contributed by atoms with Crippen molar-refractivity contribution in [1.29, 1.82) is 0 Å². The third-order valence-corrected chi connectivity index (χ3v) is 3.48. The van der Waals surface area contributed by atoms with E-state index in [1.54, 1.807) is 13.8 Å². The van der Waals surface area contributed by atoms with Gasteiger partial charge in [0.1, 0.15) is 5.78 Å². The van der Waals surface area contributed by atoms with Crippen LogP contribution in [0.15, 0.2) is 0 Å². The van der Waals surface area contributed by atoms with Gasteiger partial charge in [0, 0.05) is 18.3 Å². The predicted molar refractivity (Wildman–Crippen MR) is 79.8 cm³/mol. The standard InChI is InChI=1S/C16H25NO4/c1-7-16(6,8-2)11-15(4,5)14(20)21-17-13(19)10-9-12(3)18/h1H,8-11H2,2-6H3,(H,17,19). The van der Waals surface area contributed by atoms with Crippen LogP contribution in [0.4, 0.5) is 0 Å². The molecule has 0 aliphatic carbocycles. The Morgan fingerprint density at radius 2 is 1.76 bits per heavy atom. The van der Waals surface area contributed by atoms with Crippen LogP contribution in [0.3, 0.4) is 0 Å². The average Bonchev–Trinajstić information content (AvgIpc) is 2.41. The monoisotopic (exact) mass is 295 g/mol. The number of hydroxylamine groups is 1. The van der Waals surface area contributed by atoms with E-state index in [1.807, 2.05) is 13.8 Å². The van der Waals surface area contributed by atoms with Crippen LogP contribution in [-0.2, 0) is 19.2 Å². The molecule has 1 amide bonds. The second-order valence-electron chi connectivity index (χ2n) is 6.24. The lowest BCUT2D eigenvalue weighted by atomic mass is 9.73. The Morgan fingerprint density at radius 1 is 1.19 bits per heavy atom. The van der Waals surface area contributed by atoms with Crippen LogP contribution in [0, 0.1) is 23.2 Å². The number of carbonyl (C=O) groups is 3. The topological polar surface area (TPSA) is 72.5 Å². The molecule has 0 saturated carbocycles. The number of nitrogens with one attached hydrogen (secondary N) is 1. The molecule has 5 nitrogen and oxygen atoms in total. The van der Waals surface area contributed by atoms with Gasteiger partial charge >= 0.3 is 5.97 Å². The minimum absolute atomic E-state index is 0.0000722. The fourth-order valence-corrected chi connectivity index (χ4v) is 1.91. The van der Waals surface area contributed by atoms with Crippen LogP contribution in [0.25, 0.3) is 0 Å². The molecule has 1 atom stereocenters. The molecular weight excluding hydrogens is 270 g/mol. The first kappa shape index (κ1) is 19.2. The molecule has 0 rings (SSSR count). The lowest BCUT2D eigenvalue weighted by Crippen LogP contribution is -2.37. The molecule has 1 N–H and O–H groups in total. The van der Waals surface area contributed by atoms with Crippen LogP contribution in [-0.4, -0.2) is 17.7 Å². The number of terminal acetylenes is 1. The van der Waals surface area contributed by atoms with Crippen LogP contribution >= 0.6 is 0 Å². The van der Waals surface area contributed by atoms with Crippen LogP contribution < -0.4 is 5.48 Å². The molecule has 21 heavy (non-hydrogen) atoms. The van der Waals surface area contributed by atoms with E-state index in [1.165, 1.54) is 6.92 Å². The molecule has 118 valence electrons. The summed E-state index contributed by atoms with van der Waals surface area (Å²) in [6.07, 6.45) is 6.83. The van der Waals surface area contributed by atoms with Gasteiger partial charge in [-0.1, -0.05) is 6.92 Å². The number of Topliss-reactive ketones (excluding diaryl/α,β-unsaturated/α-hetero) is 1. The third-order valence-electron chi connectivity index (χ3n) is 3.48. The van der Waals surface area contributed by atoms with Crippen molar-refractivity contribution < 1.29 is 19.2 Å². The minimum atomic E-state index is -0.814. The van der Waals surface area contributed by atoms with Gasteiger partial charge in [-0.2, -0.15) is 5.48 Å². The molecule has 0 heterocycles. The van der Waals surface area contributed by atoms with Crippen LogP contribution in [0.2, 0.25) is 0 Å². The molecule has 0 aromatic heterocycles. The fourth-order valence-electron chi connectivity index (χ4n) is 1.91. The molecule has 0 fully saturated rings. The number of hydrogen-bond donors (Lipinski definition) is 1. The lowest BCUT2D eigenvalue weighted by molar-refractivity contribution is -0.168. The number of ketones is 1. The molecule has 0 spiro atoms. The summed E-state index contributed by atoms with van der Waals surface area (Å²) in [5, 5.41) is 0. The summed E-state index contributed by atoms with van der Waals surface area (Å²) in [5.74, 6) is 1.57. The smallest absolute Gasteiger partial charge is 0.337 e. The van der Waals surface area contributed by atoms with Crippen molar-refractivity contribution in [2.75, 3.05) is 0 Å². The van der Waals surface area contributed by atoms with E-state index >= 15 is 0 Å². The van der Waals surface area contributed by atoms with Gasteiger partial charge in [-0.05, 0) is 40.5 Å². The second kappa shape index (κ2) is 7.82. The van der Waals surface area contributed by atoms with Crippen molar-refractivity contribution in [3.05, 3.63) is 0 Å². The van der Waals surface area contributed by atoms with Gasteiger partial charge in [0.2, 0.25) is 0 Å². The van der Waals surface area contributed by atoms with Crippen molar-refractivity contribution in [3.63, 3.8) is 0 Å². The first-order valence-corrected chi connectivity index (χ1v) is 7.03. The van der Waals surface area contributed by atoms with Gasteiger partial charge in [0.15, 0.2) is 0 Å². The summed E-state index contributed by atoms with van der Waals surface area (Å²) < 4.78 is 0. The zero-order valence-corrected chi connectivity index (χ0v) is 13.5. The molecule has 0 bridgehead atoms. The maximum Gasteiger partial charge on any atom is 0.337 e. The Labute approximate surface area is 126 Å². The van der Waals surface area contributed by atoms with Crippen LogP contribution in [0.1, 0.15) is 60.3 Å². The highest BCUT2D eigenvalue weighted by atomic mass is 16.7. The summed E-state index contributed by atoms with van der Waals surface area (Å²) >= 11 is 0. The van der Waals surface area contributed by atoms with E-state index in [9.17, 15) is 14.4 Å². The zero-order chi connectivity index (χ0) is 16.7. The summed E-state index contributed by atoms with van der Waals surface area (Å²) in [7, 11) is 0. The molecule has 0 aromatic carbocycles. The van der Waals surface area contributed by atoms with Crippen molar-refractivity contribution in [2.45, 2.75) is 60.3 Å². The van der Waals surface area contributed by atoms with E-state index in [2.05, 4.69) is 11.4 Å². The lowest BCUT2D eigenvalue weighted by Gasteiger charge is -2.31. The first-order valence-electron chi connectivity index (χ1n) is 7.03. The van der Waals surface area contributed by atoms with Gasteiger partial charge < -0.3 is 9.63 Å². The number of hydrogen-bond acceptors (Lipinski definition) is 4. The maximum absolute atomic E-state index is 12.0. The molecule has 1 unspecified atom stereocenters. The van der Waals surface area contributed by atoms with Crippen molar-refractivity contribution in [1.82, 2.24) is 5.48 Å². The fraction of sp³-hybridized carbons (Fsp3) is 0.688. The Bertz CT molecular complexity index is 448. The zero-order valence-electron chi connectivity index (χ0n) is 13.5. The van der Waals surface area contributed by atoms with Gasteiger partial charge in [0.25, 0.3) is 5.91 Å². The Kier molecular flexibility index (Phi) is 7.14. The van der Waals surface area contributed by atoms with Crippen molar-refractivity contribution >= 4 is 17.7 Å². The van der Waals surface area contributed by atoms with E-state index in [0.717, 1.165) is 6.42 Å². The van der Waals surface area contributed by atoms with Gasteiger partial charge in [-0.3, -0.25) is 4.79 Å². The summed E-state index contributed by atoms with van der Waals surface area (Å²) in [4.78, 5) is 39.0. The van der Waals surface area contributed by atoms with E-state index in [4.69, 9.17) is 11.3 Å². The third kappa shape index (κ3) is 6.94. The molecular formula is C16H25NO4. The minimum Gasteiger partial charge on any atom is -0.340 e. The highest BCUT2D eigenvalue weighted by Crippen LogP contribution is 2.36. The van der Waals surface area contributed by atoms with Gasteiger partial charge in [-0.15, -0.1) is 12.3 Å². The van der Waals surface area contributed by atoms with Crippen molar-refractivity contribution in [2.24, 2.45) is 10.8 Å². The summed E-state index contributed by atoms with van der Waals surface area (Å²) in [6, 6.07) is 0. The maximum atomic E-state index is 12.0. The molecule has 5 heteroatoms.